The van der Waals surface area contributed by atoms with Crippen LogP contribution in [0.4, 0.5) is 0 Å². The molecule has 144 valence electrons. The minimum absolute atomic E-state index is 0.116. The molecule has 0 saturated heterocycles. The maximum absolute atomic E-state index is 12.8. The zero-order valence-corrected chi connectivity index (χ0v) is 17.1. The molecule has 1 N–H and O–H groups in total. The van der Waals surface area contributed by atoms with Crippen molar-refractivity contribution in [2.75, 3.05) is 7.11 Å². The van der Waals surface area contributed by atoms with Gasteiger partial charge in [0.05, 0.1) is 24.3 Å². The third kappa shape index (κ3) is 4.80. The van der Waals surface area contributed by atoms with E-state index in [0.717, 1.165) is 16.7 Å². The van der Waals surface area contributed by atoms with Gasteiger partial charge in [0.25, 0.3) is 5.91 Å². The van der Waals surface area contributed by atoms with Gasteiger partial charge in [0.15, 0.2) is 0 Å². The van der Waals surface area contributed by atoms with Gasteiger partial charge in [-0.1, -0.05) is 35.9 Å². The maximum Gasteiger partial charge on any atom is 0.337 e. The first-order valence-corrected chi connectivity index (χ1v) is 10.1. The molecule has 1 aromatic heterocycles. The van der Waals surface area contributed by atoms with Crippen molar-refractivity contribution in [1.82, 2.24) is 5.32 Å². The molecule has 0 aliphatic rings. The first-order valence-electron chi connectivity index (χ1n) is 8.76. The predicted octanol–water partition coefficient (Wildman–Crippen LogP) is 5.27. The Kier molecular flexibility index (Phi) is 6.49. The van der Waals surface area contributed by atoms with E-state index in [9.17, 15) is 9.59 Å². The summed E-state index contributed by atoms with van der Waals surface area (Å²) in [7, 11) is 1.35. The minimum Gasteiger partial charge on any atom is -0.465 e. The highest BCUT2D eigenvalue weighted by molar-refractivity contribution is 7.08. The summed E-state index contributed by atoms with van der Waals surface area (Å²) in [5.41, 5.74) is 4.16. The van der Waals surface area contributed by atoms with Crippen molar-refractivity contribution in [3.05, 3.63) is 92.1 Å². The Hall–Kier alpha value is -2.63. The molecule has 3 rings (SSSR count). The molecule has 0 aliphatic carbocycles. The zero-order valence-electron chi connectivity index (χ0n) is 15.6. The summed E-state index contributed by atoms with van der Waals surface area (Å²) in [6.07, 6.45) is 0.672. The van der Waals surface area contributed by atoms with Gasteiger partial charge in [0.2, 0.25) is 0 Å². The molecule has 4 nitrogen and oxygen atoms in total. The zero-order chi connectivity index (χ0) is 20.1. The summed E-state index contributed by atoms with van der Waals surface area (Å²) >= 11 is 7.45. The van der Waals surface area contributed by atoms with Crippen molar-refractivity contribution in [2.45, 2.75) is 19.4 Å². The fourth-order valence-corrected chi connectivity index (χ4v) is 3.83. The number of esters is 1. The smallest absolute Gasteiger partial charge is 0.337 e. The maximum atomic E-state index is 12.8. The van der Waals surface area contributed by atoms with Gasteiger partial charge in [-0.25, -0.2) is 4.79 Å². The van der Waals surface area contributed by atoms with Gasteiger partial charge >= 0.3 is 5.97 Å². The SMILES string of the molecule is COC(=O)c1ccc([C@H](C)NC(=O)c2cscc2Cc2ccc(Cl)cc2)cc1. The van der Waals surface area contributed by atoms with E-state index in [4.69, 9.17) is 16.3 Å². The van der Waals surface area contributed by atoms with E-state index in [2.05, 4.69) is 5.32 Å². The third-order valence-corrected chi connectivity index (χ3v) is 5.52. The molecule has 0 fully saturated rings. The topological polar surface area (TPSA) is 55.4 Å². The average molecular weight is 414 g/mol. The lowest BCUT2D eigenvalue weighted by Crippen LogP contribution is -2.27. The summed E-state index contributed by atoms with van der Waals surface area (Å²) in [5, 5.41) is 7.59. The van der Waals surface area contributed by atoms with Crippen molar-refractivity contribution in [3.8, 4) is 0 Å². The van der Waals surface area contributed by atoms with Gasteiger partial charge in [-0.3, -0.25) is 4.79 Å². The van der Waals surface area contributed by atoms with Crippen LogP contribution in [0.2, 0.25) is 5.02 Å². The highest BCUT2D eigenvalue weighted by atomic mass is 35.5. The number of hydrogen-bond acceptors (Lipinski definition) is 4. The van der Waals surface area contributed by atoms with E-state index in [1.807, 2.05) is 54.1 Å². The molecule has 0 unspecified atom stereocenters. The van der Waals surface area contributed by atoms with Crippen LogP contribution in [0.15, 0.2) is 59.3 Å². The first kappa shape index (κ1) is 20.1. The molecule has 28 heavy (non-hydrogen) atoms. The molecule has 0 radical (unpaired) electrons. The van der Waals surface area contributed by atoms with Gasteiger partial charge in [-0.05, 0) is 59.7 Å². The van der Waals surface area contributed by atoms with Crippen LogP contribution >= 0.6 is 22.9 Å². The first-order chi connectivity index (χ1) is 13.5. The van der Waals surface area contributed by atoms with Crippen LogP contribution in [0.5, 0.6) is 0 Å². The monoisotopic (exact) mass is 413 g/mol. The Morgan fingerprint density at radius 2 is 1.75 bits per heavy atom. The number of hydrogen-bond donors (Lipinski definition) is 1. The molecule has 0 spiro atoms. The number of benzene rings is 2. The number of thiophene rings is 1. The molecule has 2 aromatic carbocycles. The molecular formula is C22H20ClNO3S. The van der Waals surface area contributed by atoms with E-state index in [1.54, 1.807) is 12.1 Å². The van der Waals surface area contributed by atoms with E-state index in [0.29, 0.717) is 22.6 Å². The summed E-state index contributed by atoms with van der Waals surface area (Å²) in [5.74, 6) is -0.497. The predicted molar refractivity (Wildman–Crippen MR) is 112 cm³/mol. The highest BCUT2D eigenvalue weighted by Crippen LogP contribution is 2.22. The number of nitrogens with one attached hydrogen (secondary N) is 1. The molecule has 1 amide bonds. The van der Waals surface area contributed by atoms with E-state index < -0.39 is 0 Å². The Balaban J connectivity index is 1.68. The van der Waals surface area contributed by atoms with Crippen molar-refractivity contribution in [3.63, 3.8) is 0 Å². The van der Waals surface area contributed by atoms with Crippen molar-refractivity contribution in [1.29, 1.82) is 0 Å². The fourth-order valence-electron chi connectivity index (χ4n) is 2.87. The average Bonchev–Trinajstić information content (AvgIpc) is 3.17. The molecule has 0 aliphatic heterocycles. The number of rotatable bonds is 6. The molecule has 3 aromatic rings. The Morgan fingerprint density at radius 3 is 2.39 bits per heavy atom. The second-order valence-corrected chi connectivity index (χ2v) is 7.60. The number of methoxy groups -OCH3 is 1. The fraction of sp³-hybridized carbons (Fsp3) is 0.182. The third-order valence-electron chi connectivity index (χ3n) is 4.47. The van der Waals surface area contributed by atoms with E-state index in [-0.39, 0.29) is 17.9 Å². The second-order valence-electron chi connectivity index (χ2n) is 6.42. The Bertz CT molecular complexity index is 964. The van der Waals surface area contributed by atoms with Gasteiger partial charge < -0.3 is 10.1 Å². The van der Waals surface area contributed by atoms with Gasteiger partial charge in [-0.15, -0.1) is 0 Å². The summed E-state index contributed by atoms with van der Waals surface area (Å²) < 4.78 is 4.70. The number of amides is 1. The minimum atomic E-state index is -0.381. The summed E-state index contributed by atoms with van der Waals surface area (Å²) in [6.45, 7) is 1.91. The van der Waals surface area contributed by atoms with Crippen molar-refractivity contribution in [2.24, 2.45) is 0 Å². The summed E-state index contributed by atoms with van der Waals surface area (Å²) in [6, 6.07) is 14.5. The molecule has 0 saturated carbocycles. The number of carbonyl (C=O) groups is 2. The number of carbonyl (C=O) groups excluding carboxylic acids is 2. The van der Waals surface area contributed by atoms with Crippen molar-refractivity contribution >= 4 is 34.8 Å². The molecular weight excluding hydrogens is 394 g/mol. The summed E-state index contributed by atoms with van der Waals surface area (Å²) in [4.78, 5) is 24.3. The van der Waals surface area contributed by atoms with Crippen LogP contribution in [0.1, 0.15) is 50.4 Å². The molecule has 1 heterocycles. The molecule has 1 atom stereocenters. The largest absolute Gasteiger partial charge is 0.465 e. The Morgan fingerprint density at radius 1 is 1.07 bits per heavy atom. The lowest BCUT2D eigenvalue weighted by atomic mass is 10.0. The van der Waals surface area contributed by atoms with Crippen LogP contribution in [-0.2, 0) is 11.2 Å². The standard InChI is InChI=1S/C22H20ClNO3S/c1-14(16-5-7-17(8-6-16)22(26)27-2)24-21(25)20-13-28-12-18(20)11-15-3-9-19(23)10-4-15/h3-10,12-14H,11H2,1-2H3,(H,24,25)/t14-/m0/s1. The van der Waals surface area contributed by atoms with Gasteiger partial charge in [0.1, 0.15) is 0 Å². The Labute approximate surface area is 173 Å². The lowest BCUT2D eigenvalue weighted by Gasteiger charge is -2.15. The molecule has 6 heteroatoms. The normalized spacial score (nSPS) is 11.7. The van der Waals surface area contributed by atoms with E-state index >= 15 is 0 Å². The van der Waals surface area contributed by atoms with Crippen LogP contribution in [0, 0.1) is 0 Å². The quantitative estimate of drug-likeness (QED) is 0.560. The van der Waals surface area contributed by atoms with Gasteiger partial charge in [-0.2, -0.15) is 11.3 Å². The van der Waals surface area contributed by atoms with Crippen molar-refractivity contribution < 1.29 is 14.3 Å². The number of ether oxygens (including phenoxy) is 1. The second kappa shape index (κ2) is 9.04. The van der Waals surface area contributed by atoms with Crippen LogP contribution in [0.25, 0.3) is 0 Å². The van der Waals surface area contributed by atoms with Gasteiger partial charge in [0, 0.05) is 10.4 Å². The molecule has 0 bridgehead atoms. The highest BCUT2D eigenvalue weighted by Gasteiger charge is 2.16. The van der Waals surface area contributed by atoms with Crippen LogP contribution in [-0.4, -0.2) is 19.0 Å². The van der Waals surface area contributed by atoms with Crippen LogP contribution < -0.4 is 5.32 Å². The number of halogens is 1. The van der Waals surface area contributed by atoms with E-state index in [1.165, 1.54) is 18.4 Å². The van der Waals surface area contributed by atoms with Crippen LogP contribution in [0.3, 0.4) is 0 Å². The lowest BCUT2D eigenvalue weighted by molar-refractivity contribution is 0.0600.